The summed E-state index contributed by atoms with van der Waals surface area (Å²) in [6, 6.07) is 9.26. The number of carbonyl (C=O) groups excluding carboxylic acids is 4. The number of nitrogens with zero attached hydrogens (tertiary/aromatic N) is 2. The van der Waals surface area contributed by atoms with E-state index in [1.165, 1.54) is 56.3 Å². The highest BCUT2D eigenvalue weighted by Crippen LogP contribution is 2.58. The zero-order valence-corrected chi connectivity index (χ0v) is 29.4. The highest BCUT2D eigenvalue weighted by molar-refractivity contribution is 5.96. The summed E-state index contributed by atoms with van der Waals surface area (Å²) in [5.74, 6) is -9.22. The number of hydrogen-bond acceptors (Lipinski definition) is 14. The van der Waals surface area contributed by atoms with Gasteiger partial charge in [0, 0.05) is 26.7 Å². The SMILES string of the molecule is CC[C@H](C)C1=C(O)[N+]2([O-])Oc3ccc(-c4c(O)c(O)c(-c5ccc(OC(C)=O)cc5)c(OC(C)=O)c4OC(C)=O)cc3O[C@]2([C@@H](C)CC)C(=O)N1O. The summed E-state index contributed by atoms with van der Waals surface area (Å²) in [4.78, 5) is 54.0. The molecule has 0 radical (unpaired) electrons. The van der Waals surface area contributed by atoms with Gasteiger partial charge in [0.25, 0.3) is 0 Å². The molecule has 16 heteroatoms. The van der Waals surface area contributed by atoms with E-state index in [0.717, 1.165) is 13.8 Å². The number of hydrogen-bond donors (Lipinski definition) is 4. The smallest absolute Gasteiger partial charge is 0.374 e. The Hall–Kier alpha value is -5.84. The number of ether oxygens (including phenoxy) is 4. The molecule has 1 amide bonds. The molecule has 276 valence electrons. The molecule has 0 saturated heterocycles. The Morgan fingerprint density at radius 2 is 1.35 bits per heavy atom. The Morgan fingerprint density at radius 3 is 1.85 bits per heavy atom. The van der Waals surface area contributed by atoms with Crippen LogP contribution < -0.4 is 23.8 Å². The maximum absolute atomic E-state index is 14.6. The number of quaternary nitrogens is 1. The van der Waals surface area contributed by atoms with E-state index in [0.29, 0.717) is 6.42 Å². The Balaban J connectivity index is 1.76. The first kappa shape index (κ1) is 37.4. The second kappa shape index (κ2) is 13.7. The number of phenolic OH excluding ortho intramolecular Hbond substituents is 2. The van der Waals surface area contributed by atoms with Gasteiger partial charge in [0.2, 0.25) is 5.75 Å². The summed E-state index contributed by atoms with van der Waals surface area (Å²) in [5.41, 5.74) is -3.50. The molecule has 0 aliphatic carbocycles. The topological polar surface area (TPSA) is 222 Å². The fourth-order valence-electron chi connectivity index (χ4n) is 6.18. The molecule has 2 aliphatic heterocycles. The Kier molecular flexibility index (Phi) is 9.86. The number of allylic oxidation sites excluding steroid dienone is 1. The molecule has 3 aromatic rings. The molecular weight excluding hydrogens is 684 g/mol. The van der Waals surface area contributed by atoms with Gasteiger partial charge < -0.3 is 39.5 Å². The van der Waals surface area contributed by atoms with Crippen LogP contribution in [0.25, 0.3) is 22.3 Å². The molecule has 0 spiro atoms. The molecule has 52 heavy (non-hydrogen) atoms. The van der Waals surface area contributed by atoms with Crippen molar-refractivity contribution in [3.63, 3.8) is 0 Å². The van der Waals surface area contributed by atoms with E-state index >= 15 is 0 Å². The zero-order valence-electron chi connectivity index (χ0n) is 29.4. The predicted octanol–water partition coefficient (Wildman–Crippen LogP) is 5.96. The molecular formula is C36H38N2O14. The fraction of sp³-hybridized carbons (Fsp3) is 0.333. The number of amides is 1. The number of esters is 3. The minimum atomic E-state index is -2.61. The van der Waals surface area contributed by atoms with Gasteiger partial charge in [-0.15, -0.1) is 0 Å². The first-order chi connectivity index (χ1) is 24.4. The summed E-state index contributed by atoms with van der Waals surface area (Å²) in [6.45, 7) is 9.81. The van der Waals surface area contributed by atoms with Crippen LogP contribution in [0.15, 0.2) is 54.0 Å². The van der Waals surface area contributed by atoms with Gasteiger partial charge in [0.1, 0.15) is 5.75 Å². The average Bonchev–Trinajstić information content (AvgIpc) is 3.08. The van der Waals surface area contributed by atoms with E-state index in [9.17, 15) is 44.9 Å². The van der Waals surface area contributed by atoms with E-state index in [1.54, 1.807) is 20.8 Å². The highest BCUT2D eigenvalue weighted by Gasteiger charge is 2.72. The van der Waals surface area contributed by atoms with Crippen LogP contribution in [0.3, 0.4) is 0 Å². The molecule has 5 rings (SSSR count). The van der Waals surface area contributed by atoms with Gasteiger partial charge in [-0.2, -0.15) is 5.06 Å². The summed E-state index contributed by atoms with van der Waals surface area (Å²) in [7, 11) is 0. The molecule has 0 saturated carbocycles. The second-order valence-electron chi connectivity index (χ2n) is 12.5. The molecule has 3 aromatic carbocycles. The van der Waals surface area contributed by atoms with Crippen LogP contribution in [0.2, 0.25) is 0 Å². The van der Waals surface area contributed by atoms with E-state index in [4.69, 9.17) is 23.8 Å². The van der Waals surface area contributed by atoms with Crippen molar-refractivity contribution in [1.29, 1.82) is 0 Å². The number of phenols is 2. The van der Waals surface area contributed by atoms with Crippen LogP contribution in [0.4, 0.5) is 0 Å². The number of fused-ring (bicyclic) bond motifs is 2. The molecule has 4 atom stereocenters. The number of aliphatic hydroxyl groups is 1. The third-order valence-corrected chi connectivity index (χ3v) is 9.01. The minimum Gasteiger partial charge on any atom is -0.578 e. The van der Waals surface area contributed by atoms with Gasteiger partial charge in [-0.1, -0.05) is 44.6 Å². The zero-order chi connectivity index (χ0) is 38.4. The monoisotopic (exact) mass is 722 g/mol. The van der Waals surface area contributed by atoms with Crippen molar-refractivity contribution in [2.75, 3.05) is 0 Å². The molecule has 0 aromatic heterocycles. The third kappa shape index (κ3) is 5.89. The maximum Gasteiger partial charge on any atom is 0.374 e. The van der Waals surface area contributed by atoms with Gasteiger partial charge in [-0.3, -0.25) is 29.2 Å². The molecule has 1 unspecified atom stereocenters. The number of hydroxylamine groups is 6. The lowest BCUT2D eigenvalue weighted by molar-refractivity contribution is -1.08. The molecule has 0 fully saturated rings. The fourth-order valence-corrected chi connectivity index (χ4v) is 6.18. The summed E-state index contributed by atoms with van der Waals surface area (Å²) >= 11 is 0. The quantitative estimate of drug-likeness (QED) is 0.0500. The molecule has 0 bridgehead atoms. The normalized spacial score (nSPS) is 20.5. The lowest BCUT2D eigenvalue weighted by atomic mass is 9.89. The number of rotatable bonds is 9. The Bertz CT molecular complexity index is 2010. The van der Waals surface area contributed by atoms with Gasteiger partial charge in [0.05, 0.1) is 17.0 Å². The van der Waals surface area contributed by atoms with E-state index < -0.39 is 75.1 Å². The first-order valence-electron chi connectivity index (χ1n) is 16.3. The average molecular weight is 723 g/mol. The van der Waals surface area contributed by atoms with Crippen molar-refractivity contribution in [2.24, 2.45) is 11.8 Å². The highest BCUT2D eigenvalue weighted by atomic mass is 17.0. The van der Waals surface area contributed by atoms with Crippen molar-refractivity contribution < 1.29 is 68.3 Å². The third-order valence-electron chi connectivity index (χ3n) is 9.01. The lowest BCUT2D eigenvalue weighted by Gasteiger charge is -2.56. The summed E-state index contributed by atoms with van der Waals surface area (Å²) < 4.78 is 22.2. The first-order valence-corrected chi connectivity index (χ1v) is 16.3. The van der Waals surface area contributed by atoms with Gasteiger partial charge in [0.15, 0.2) is 34.4 Å². The molecule has 16 nitrogen and oxygen atoms in total. The maximum atomic E-state index is 14.6. The van der Waals surface area contributed by atoms with Crippen LogP contribution in [-0.2, 0) is 19.2 Å². The van der Waals surface area contributed by atoms with E-state index in [-0.39, 0.29) is 56.7 Å². The lowest BCUT2D eigenvalue weighted by Crippen LogP contribution is -2.78. The predicted molar refractivity (Wildman–Crippen MR) is 179 cm³/mol. The van der Waals surface area contributed by atoms with Crippen molar-refractivity contribution >= 4 is 23.8 Å². The number of aromatic hydroxyl groups is 2. The number of aliphatic hydroxyl groups excluding tert-OH is 1. The van der Waals surface area contributed by atoms with Gasteiger partial charge in [-0.05, 0) is 54.3 Å². The minimum absolute atomic E-state index is 0.0501. The van der Waals surface area contributed by atoms with Crippen molar-refractivity contribution in [2.45, 2.75) is 67.0 Å². The van der Waals surface area contributed by atoms with E-state index in [2.05, 4.69) is 0 Å². The van der Waals surface area contributed by atoms with Crippen LogP contribution in [0.5, 0.6) is 40.2 Å². The molecule has 2 heterocycles. The van der Waals surface area contributed by atoms with Gasteiger partial charge >= 0.3 is 35.4 Å². The van der Waals surface area contributed by atoms with Crippen LogP contribution in [-0.4, -0.2) is 59.9 Å². The van der Waals surface area contributed by atoms with Crippen LogP contribution >= 0.6 is 0 Å². The number of carbonyl (C=O) groups is 4. The molecule has 4 N–H and O–H groups in total. The summed E-state index contributed by atoms with van der Waals surface area (Å²) in [5, 5.41) is 60.2. The standard InChI is InChI=1S/C36H38N2O14/c1-8-17(3)29-34(44)38(47)36(18(4)9-2,35(45)37(29)46)51-26-16-23(12-15-25(26)52-38)28-31(43)30(42)27(22-10-13-24(14-11-22)48-19(5)39)32(49-20(6)40)33(28)50-21(7)41/h10-18,42-44,46H,8-9H2,1-7H3/t17-,18-,36+,38?/m0/s1. The van der Waals surface area contributed by atoms with Crippen LogP contribution in [0, 0.1) is 17.0 Å². The van der Waals surface area contributed by atoms with Crippen molar-refractivity contribution in [1.82, 2.24) is 5.06 Å². The van der Waals surface area contributed by atoms with Crippen LogP contribution in [0.1, 0.15) is 61.3 Å². The Labute approximate surface area is 297 Å². The largest absolute Gasteiger partial charge is 0.578 e. The molecule has 2 aliphatic rings. The Morgan fingerprint density at radius 1 is 0.827 bits per heavy atom. The van der Waals surface area contributed by atoms with Crippen molar-refractivity contribution in [3.8, 4) is 62.5 Å². The van der Waals surface area contributed by atoms with E-state index in [1.807, 2.05) is 0 Å². The number of benzene rings is 3. The summed E-state index contributed by atoms with van der Waals surface area (Å²) in [6.07, 6.45) is 0.488. The van der Waals surface area contributed by atoms with Crippen molar-refractivity contribution in [3.05, 3.63) is 59.3 Å². The van der Waals surface area contributed by atoms with Gasteiger partial charge in [-0.25, -0.2) is 0 Å². The second-order valence-corrected chi connectivity index (χ2v) is 12.5.